The Hall–Kier alpha value is 2.01. The molecule has 6 nitrogen and oxygen atoms in total. The van der Waals surface area contributed by atoms with E-state index in [9.17, 15) is 0 Å². The first kappa shape index (κ1) is 29.2. The van der Waals surface area contributed by atoms with Crippen molar-refractivity contribution in [3.05, 3.63) is 0 Å². The van der Waals surface area contributed by atoms with E-state index in [0.717, 1.165) is 0 Å². The molecule has 0 bridgehead atoms. The SMILES string of the molecule is C=O.O=S(O)O.[Na+].[Na+].[O-]S[O-]. The van der Waals surface area contributed by atoms with Gasteiger partial charge < -0.3 is 26.2 Å². The summed E-state index contributed by atoms with van der Waals surface area (Å²) in [5.74, 6) is 0. The van der Waals surface area contributed by atoms with Gasteiger partial charge in [0.1, 0.15) is 6.79 Å². The summed E-state index contributed by atoms with van der Waals surface area (Å²) in [5, 5.41) is 0. The third-order valence-electron chi connectivity index (χ3n) is 0. The molecule has 0 aromatic carbocycles. The van der Waals surface area contributed by atoms with E-state index in [-0.39, 0.29) is 59.1 Å². The van der Waals surface area contributed by atoms with Crippen LogP contribution in [-0.4, -0.2) is 29.2 Å². The average Bonchev–Trinajstić information content (AvgIpc) is 1.71. The first-order valence-corrected chi connectivity index (χ1v) is 2.88. The molecule has 10 heteroatoms. The van der Waals surface area contributed by atoms with E-state index in [1.54, 1.807) is 0 Å². The zero-order valence-corrected chi connectivity index (χ0v) is 11.7. The second-order valence-electron chi connectivity index (χ2n) is 0.299. The molecule has 0 saturated carbocycles. The Labute approximate surface area is 115 Å². The fourth-order valence-corrected chi connectivity index (χ4v) is 0. The van der Waals surface area contributed by atoms with Crippen LogP contribution in [0, 0.1) is 0 Å². The molecule has 0 aliphatic heterocycles. The number of carbonyl (C=O) groups is 1. The van der Waals surface area contributed by atoms with E-state index < -0.39 is 23.7 Å². The summed E-state index contributed by atoms with van der Waals surface area (Å²) in [7, 11) is 0. The van der Waals surface area contributed by atoms with E-state index in [4.69, 9.17) is 27.2 Å². The number of hydrogen-bond donors (Lipinski definition) is 2. The Morgan fingerprint density at radius 1 is 1.18 bits per heavy atom. The van der Waals surface area contributed by atoms with Gasteiger partial charge in [0.15, 0.2) is 0 Å². The van der Waals surface area contributed by atoms with Crippen LogP contribution in [0.5, 0.6) is 0 Å². The Bertz CT molecular complexity index is 58.5. The van der Waals surface area contributed by atoms with Crippen LogP contribution in [0.3, 0.4) is 0 Å². The molecular formula is CH4Na2O6S2. The first-order chi connectivity index (χ1) is 4.15. The van der Waals surface area contributed by atoms with E-state index in [0.29, 0.717) is 0 Å². The molecule has 0 unspecified atom stereocenters. The van der Waals surface area contributed by atoms with Gasteiger partial charge in [0.25, 0.3) is 11.4 Å². The predicted octanol–water partition coefficient (Wildman–Crippen LogP) is -6.52. The smallest absolute Gasteiger partial charge is 0.811 e. The molecule has 0 radical (unpaired) electrons. The van der Waals surface area contributed by atoms with Crippen molar-refractivity contribution in [2.75, 3.05) is 0 Å². The number of carbonyl (C=O) groups excluding carboxylic acids is 1. The molecule has 0 aliphatic carbocycles. The summed E-state index contributed by atoms with van der Waals surface area (Å²) >= 11 is -3.36. The average molecular weight is 222 g/mol. The largest absolute Gasteiger partial charge is 1.00 e. The van der Waals surface area contributed by atoms with E-state index in [2.05, 4.69) is 0 Å². The third kappa shape index (κ3) is 298. The zero-order valence-electron chi connectivity index (χ0n) is 6.05. The van der Waals surface area contributed by atoms with E-state index in [1.807, 2.05) is 6.79 Å². The van der Waals surface area contributed by atoms with Gasteiger partial charge >= 0.3 is 59.1 Å². The molecular weight excluding hydrogens is 218 g/mol. The van der Waals surface area contributed by atoms with Gasteiger partial charge in [-0.05, 0) is 0 Å². The second kappa shape index (κ2) is 40.3. The van der Waals surface area contributed by atoms with Gasteiger partial charge in [-0.15, -0.1) is 0 Å². The molecule has 0 heterocycles. The molecule has 0 fully saturated rings. The van der Waals surface area contributed by atoms with Gasteiger partial charge in [0.05, 0.1) is 0 Å². The molecule has 0 aromatic heterocycles. The molecule has 0 saturated heterocycles. The monoisotopic (exact) mass is 222 g/mol. The fraction of sp³-hybridized carbons (Fsp3) is 0. The fourth-order valence-electron chi connectivity index (χ4n) is 0. The van der Waals surface area contributed by atoms with E-state index in [1.165, 1.54) is 0 Å². The van der Waals surface area contributed by atoms with Crippen LogP contribution in [0.4, 0.5) is 0 Å². The van der Waals surface area contributed by atoms with Gasteiger partial charge in [0.2, 0.25) is 0 Å². The zero-order chi connectivity index (χ0) is 8.28. The molecule has 0 aromatic rings. The summed E-state index contributed by atoms with van der Waals surface area (Å²) in [4.78, 5) is 8.00. The summed E-state index contributed by atoms with van der Waals surface area (Å²) in [6.07, 6.45) is 0. The van der Waals surface area contributed by atoms with Gasteiger partial charge in [-0.3, -0.25) is 9.11 Å². The number of hydrogen-bond acceptors (Lipinski definition) is 5. The molecule has 11 heavy (non-hydrogen) atoms. The van der Waals surface area contributed by atoms with Crippen LogP contribution < -0.4 is 59.1 Å². The normalized spacial score (nSPS) is 5.18. The van der Waals surface area contributed by atoms with Crippen molar-refractivity contribution in [3.8, 4) is 0 Å². The predicted molar refractivity (Wildman–Crippen MR) is 29.7 cm³/mol. The van der Waals surface area contributed by atoms with Crippen LogP contribution in [0.2, 0.25) is 0 Å². The summed E-state index contributed by atoms with van der Waals surface area (Å²) in [6, 6.07) is 0. The number of rotatable bonds is 0. The Kier molecular flexibility index (Phi) is 107. The maximum atomic E-state index is 8.67. The van der Waals surface area contributed by atoms with Crippen molar-refractivity contribution in [2.24, 2.45) is 0 Å². The maximum absolute atomic E-state index is 8.67. The minimum atomic E-state index is -2.61. The maximum Gasteiger partial charge on any atom is 1.00 e. The topological polar surface area (TPSA) is 121 Å². The van der Waals surface area contributed by atoms with Crippen molar-refractivity contribution in [1.82, 2.24) is 0 Å². The summed E-state index contributed by atoms with van der Waals surface area (Å²) < 4.78 is 39.4. The third-order valence-corrected chi connectivity index (χ3v) is 0. The van der Waals surface area contributed by atoms with Crippen LogP contribution in [0.25, 0.3) is 0 Å². The van der Waals surface area contributed by atoms with Crippen LogP contribution in [-0.2, 0) is 16.2 Å². The second-order valence-corrected chi connectivity index (χ2v) is 0.896. The molecule has 0 aliphatic rings. The molecule has 0 atom stereocenters. The Morgan fingerprint density at radius 3 is 1.18 bits per heavy atom. The Balaban J connectivity index is -0.0000000158. The summed E-state index contributed by atoms with van der Waals surface area (Å²) in [6.45, 7) is 2.00. The molecule has 0 spiro atoms. The Morgan fingerprint density at radius 2 is 1.18 bits per heavy atom. The van der Waals surface area contributed by atoms with Gasteiger partial charge in [-0.2, -0.15) is 4.21 Å². The quantitative estimate of drug-likeness (QED) is 0.237. The van der Waals surface area contributed by atoms with E-state index >= 15 is 0 Å². The van der Waals surface area contributed by atoms with Gasteiger partial charge in [-0.1, -0.05) is 0 Å². The standard InChI is InChI=1S/CH2O.2Na.H2O3S.H2O2S/c1-2;;;1-4(2)3;1-3-2/h1H2;;;(H2,1,2,3);1-2H/q;2*+1;;/p-2. The summed E-state index contributed by atoms with van der Waals surface area (Å²) in [5.41, 5.74) is 0. The molecule has 0 amide bonds. The minimum Gasteiger partial charge on any atom is -0.811 e. The molecule has 0 rings (SSSR count). The van der Waals surface area contributed by atoms with Crippen molar-refractivity contribution >= 4 is 30.5 Å². The van der Waals surface area contributed by atoms with Gasteiger partial charge in [-0.25, -0.2) is 0 Å². The van der Waals surface area contributed by atoms with Crippen LogP contribution >= 0.6 is 12.3 Å². The van der Waals surface area contributed by atoms with Crippen LogP contribution in [0.15, 0.2) is 0 Å². The van der Waals surface area contributed by atoms with Gasteiger partial charge in [0, 0.05) is 0 Å². The van der Waals surface area contributed by atoms with Crippen molar-refractivity contribution in [1.29, 1.82) is 0 Å². The molecule has 58 valence electrons. The van der Waals surface area contributed by atoms with Crippen molar-refractivity contribution in [2.45, 2.75) is 0 Å². The van der Waals surface area contributed by atoms with Crippen LogP contribution in [0.1, 0.15) is 0 Å². The first-order valence-electron chi connectivity index (χ1n) is 1.15. The molecule has 2 N–H and O–H groups in total. The van der Waals surface area contributed by atoms with Crippen molar-refractivity contribution < 1.29 is 86.3 Å². The van der Waals surface area contributed by atoms with Crippen molar-refractivity contribution in [3.63, 3.8) is 0 Å². The minimum absolute atomic E-state index is 0.